The monoisotopic (exact) mass is 330 g/mol. The van der Waals surface area contributed by atoms with Gasteiger partial charge in [0, 0.05) is 18.7 Å². The molecule has 1 N–H and O–H groups in total. The van der Waals surface area contributed by atoms with Crippen molar-refractivity contribution in [1.29, 1.82) is 0 Å². The molecule has 120 valence electrons. The number of para-hydroxylation sites is 1. The van der Waals surface area contributed by atoms with Gasteiger partial charge >= 0.3 is 0 Å². The normalized spacial score (nSPS) is 11.8. The van der Waals surface area contributed by atoms with Crippen LogP contribution in [-0.4, -0.2) is 29.4 Å². The predicted octanol–water partition coefficient (Wildman–Crippen LogP) is 2.29. The number of hydrogen-bond acceptors (Lipinski definition) is 5. The van der Waals surface area contributed by atoms with Crippen LogP contribution in [0.15, 0.2) is 41.6 Å². The first-order valence-corrected chi connectivity index (χ1v) is 9.06. The molecule has 0 spiro atoms. The summed E-state index contributed by atoms with van der Waals surface area (Å²) in [6.45, 7) is 2.28. The van der Waals surface area contributed by atoms with Crippen molar-refractivity contribution in [3.63, 3.8) is 0 Å². The number of aromatic nitrogens is 3. The first-order valence-electron chi connectivity index (χ1n) is 7.17. The van der Waals surface area contributed by atoms with Crippen LogP contribution in [0.5, 0.6) is 0 Å². The van der Waals surface area contributed by atoms with E-state index in [4.69, 9.17) is 0 Å². The number of nitrogens with zero attached hydrogens (tertiary/aromatic N) is 3. The van der Waals surface area contributed by atoms with Gasteiger partial charge in [-0.25, -0.2) is 13.4 Å². The van der Waals surface area contributed by atoms with Crippen LogP contribution in [0.2, 0.25) is 0 Å². The van der Waals surface area contributed by atoms with E-state index in [1.165, 1.54) is 6.20 Å². The number of nitrogens with one attached hydrogen (secondary N) is 1. The highest BCUT2D eigenvalue weighted by Crippen LogP contribution is 2.20. The van der Waals surface area contributed by atoms with Gasteiger partial charge < -0.3 is 5.32 Å². The highest BCUT2D eigenvalue weighted by atomic mass is 32.2. The molecule has 0 aliphatic carbocycles. The lowest BCUT2D eigenvalue weighted by atomic mass is 10.2. The van der Waals surface area contributed by atoms with Gasteiger partial charge in [-0.3, -0.25) is 4.68 Å². The van der Waals surface area contributed by atoms with E-state index in [0.717, 1.165) is 28.5 Å². The van der Waals surface area contributed by atoms with Gasteiger partial charge in [0.15, 0.2) is 14.9 Å². The summed E-state index contributed by atoms with van der Waals surface area (Å²) in [5, 5.41) is 8.99. The fourth-order valence-corrected chi connectivity index (χ4v) is 3.54. The standard InChI is InChI=1S/C16H18N4O2S/c1-11-8-12(9-18-16(11)23(3,21)22)17-10-14-13-6-4-5-7-15(13)20(2)19-14/h4-9,17H,10H2,1-3H3. The topological polar surface area (TPSA) is 76.9 Å². The van der Waals surface area contributed by atoms with Crippen molar-refractivity contribution in [1.82, 2.24) is 14.8 Å². The van der Waals surface area contributed by atoms with E-state index in [9.17, 15) is 8.42 Å². The fraction of sp³-hybridized carbons (Fsp3) is 0.250. The maximum absolute atomic E-state index is 11.6. The van der Waals surface area contributed by atoms with Crippen LogP contribution in [0.25, 0.3) is 10.9 Å². The molecular formula is C16H18N4O2S. The maximum atomic E-state index is 11.6. The number of rotatable bonds is 4. The van der Waals surface area contributed by atoms with Gasteiger partial charge in [0.05, 0.1) is 29.6 Å². The molecule has 0 radical (unpaired) electrons. The largest absolute Gasteiger partial charge is 0.378 e. The summed E-state index contributed by atoms with van der Waals surface area (Å²) in [5.41, 5.74) is 3.41. The molecule has 7 heteroatoms. The van der Waals surface area contributed by atoms with Gasteiger partial charge in [0.2, 0.25) is 0 Å². The summed E-state index contributed by atoms with van der Waals surface area (Å²) in [6.07, 6.45) is 2.70. The second-order valence-corrected chi connectivity index (χ2v) is 7.49. The smallest absolute Gasteiger partial charge is 0.193 e. The van der Waals surface area contributed by atoms with E-state index in [2.05, 4.69) is 15.4 Å². The summed E-state index contributed by atoms with van der Waals surface area (Å²) in [6, 6.07) is 9.82. The van der Waals surface area contributed by atoms with Crippen LogP contribution >= 0.6 is 0 Å². The molecule has 23 heavy (non-hydrogen) atoms. The Morgan fingerprint density at radius 1 is 1.26 bits per heavy atom. The van der Waals surface area contributed by atoms with Gasteiger partial charge in [0.1, 0.15) is 0 Å². The minimum atomic E-state index is -3.30. The molecule has 0 atom stereocenters. The van der Waals surface area contributed by atoms with Crippen LogP contribution in [0.3, 0.4) is 0 Å². The number of hydrogen-bond donors (Lipinski definition) is 1. The first kappa shape index (κ1) is 15.5. The molecule has 0 bridgehead atoms. The van der Waals surface area contributed by atoms with Crippen LogP contribution in [0.1, 0.15) is 11.3 Å². The maximum Gasteiger partial charge on any atom is 0.193 e. The first-order chi connectivity index (χ1) is 10.9. The second kappa shape index (κ2) is 5.66. The number of anilines is 1. The van der Waals surface area contributed by atoms with Gasteiger partial charge in [-0.05, 0) is 24.6 Å². The molecule has 0 aliphatic heterocycles. The Labute approximate surface area is 135 Å². The second-order valence-electron chi connectivity index (χ2n) is 5.56. The van der Waals surface area contributed by atoms with Gasteiger partial charge in [-0.1, -0.05) is 18.2 Å². The van der Waals surface area contributed by atoms with E-state index < -0.39 is 9.84 Å². The van der Waals surface area contributed by atoms with Crippen molar-refractivity contribution < 1.29 is 8.42 Å². The minimum Gasteiger partial charge on any atom is -0.378 e. The average molecular weight is 330 g/mol. The van der Waals surface area contributed by atoms with Crippen molar-refractivity contribution in [3.05, 3.63) is 47.8 Å². The van der Waals surface area contributed by atoms with Gasteiger partial charge in [-0.2, -0.15) is 5.10 Å². The summed E-state index contributed by atoms with van der Waals surface area (Å²) in [4.78, 5) is 4.05. The van der Waals surface area contributed by atoms with E-state index >= 15 is 0 Å². The molecule has 0 fully saturated rings. The van der Waals surface area contributed by atoms with E-state index in [-0.39, 0.29) is 5.03 Å². The lowest BCUT2D eigenvalue weighted by Gasteiger charge is -2.08. The lowest BCUT2D eigenvalue weighted by molar-refractivity contribution is 0.597. The zero-order valence-electron chi connectivity index (χ0n) is 13.2. The van der Waals surface area contributed by atoms with E-state index in [1.807, 2.05) is 36.0 Å². The number of sulfone groups is 1. The van der Waals surface area contributed by atoms with E-state index in [0.29, 0.717) is 12.1 Å². The van der Waals surface area contributed by atoms with Crippen molar-refractivity contribution in [3.8, 4) is 0 Å². The Bertz CT molecular complexity index is 977. The molecule has 6 nitrogen and oxygen atoms in total. The van der Waals surface area contributed by atoms with Crippen LogP contribution < -0.4 is 5.32 Å². The molecule has 0 amide bonds. The van der Waals surface area contributed by atoms with Crippen molar-refractivity contribution in [2.24, 2.45) is 7.05 Å². The highest BCUT2D eigenvalue weighted by Gasteiger charge is 2.13. The SMILES string of the molecule is Cc1cc(NCc2nn(C)c3ccccc23)cnc1S(C)(=O)=O. The third kappa shape index (κ3) is 3.05. The Hall–Kier alpha value is -2.41. The average Bonchev–Trinajstić information content (AvgIpc) is 2.81. The highest BCUT2D eigenvalue weighted by molar-refractivity contribution is 7.90. The number of pyridine rings is 1. The Balaban J connectivity index is 1.84. The molecule has 2 aromatic heterocycles. The third-order valence-corrected chi connectivity index (χ3v) is 4.81. The number of aryl methyl sites for hydroxylation is 2. The molecule has 0 aliphatic rings. The molecule has 3 rings (SSSR count). The lowest BCUT2D eigenvalue weighted by Crippen LogP contribution is -2.06. The summed E-state index contributed by atoms with van der Waals surface area (Å²) in [7, 11) is -1.38. The zero-order valence-corrected chi connectivity index (χ0v) is 14.1. The quantitative estimate of drug-likeness (QED) is 0.794. The minimum absolute atomic E-state index is 0.117. The molecule has 0 saturated heterocycles. The van der Waals surface area contributed by atoms with Crippen LogP contribution in [0, 0.1) is 6.92 Å². The molecule has 0 unspecified atom stereocenters. The summed E-state index contributed by atoms with van der Waals surface area (Å²) >= 11 is 0. The molecular weight excluding hydrogens is 312 g/mol. The Morgan fingerprint density at radius 2 is 2.00 bits per heavy atom. The third-order valence-electron chi connectivity index (χ3n) is 3.68. The summed E-state index contributed by atoms with van der Waals surface area (Å²) < 4.78 is 25.0. The van der Waals surface area contributed by atoms with E-state index in [1.54, 1.807) is 13.0 Å². The van der Waals surface area contributed by atoms with Crippen molar-refractivity contribution >= 4 is 26.4 Å². The molecule has 1 aromatic carbocycles. The Morgan fingerprint density at radius 3 is 2.70 bits per heavy atom. The fourth-order valence-electron chi connectivity index (χ4n) is 2.65. The predicted molar refractivity (Wildman–Crippen MR) is 90.1 cm³/mol. The van der Waals surface area contributed by atoms with Gasteiger partial charge in [0.25, 0.3) is 0 Å². The summed E-state index contributed by atoms with van der Waals surface area (Å²) in [5.74, 6) is 0. The van der Waals surface area contributed by atoms with Crippen LogP contribution in [0.4, 0.5) is 5.69 Å². The van der Waals surface area contributed by atoms with Gasteiger partial charge in [-0.15, -0.1) is 0 Å². The molecule has 0 saturated carbocycles. The molecule has 3 aromatic rings. The number of benzene rings is 1. The molecule has 2 heterocycles. The van der Waals surface area contributed by atoms with Crippen LogP contribution in [-0.2, 0) is 23.4 Å². The van der Waals surface area contributed by atoms with Crippen molar-refractivity contribution in [2.75, 3.05) is 11.6 Å². The number of fused-ring (bicyclic) bond motifs is 1. The Kier molecular flexibility index (Phi) is 3.81. The van der Waals surface area contributed by atoms with Crippen molar-refractivity contribution in [2.45, 2.75) is 18.5 Å². The zero-order chi connectivity index (χ0) is 16.6.